The topological polar surface area (TPSA) is 51.7 Å². The van der Waals surface area contributed by atoms with Crippen molar-refractivity contribution in [3.8, 4) is 0 Å². The Morgan fingerprint density at radius 2 is 2.36 bits per heavy atom. The van der Waals surface area contributed by atoms with Gasteiger partial charge in [-0.3, -0.25) is 4.98 Å². The molecular weight excluding hydrogens is 182 g/mol. The second-order valence-corrected chi connectivity index (χ2v) is 3.47. The van der Waals surface area contributed by atoms with Gasteiger partial charge >= 0.3 is 5.97 Å². The van der Waals surface area contributed by atoms with Crippen LogP contribution in [0.2, 0.25) is 0 Å². The van der Waals surface area contributed by atoms with Gasteiger partial charge in [-0.25, -0.2) is 4.79 Å². The Morgan fingerprint density at radius 1 is 1.64 bits per heavy atom. The smallest absolute Gasteiger partial charge is 0.339 e. The van der Waals surface area contributed by atoms with Crippen LogP contribution in [0.5, 0.6) is 0 Å². The Balaban J connectivity index is 2.32. The second-order valence-electron chi connectivity index (χ2n) is 3.47. The third-order valence-electron chi connectivity index (χ3n) is 2.35. The van der Waals surface area contributed by atoms with Crippen molar-refractivity contribution in [2.24, 2.45) is 0 Å². The molecule has 1 atom stereocenters. The van der Waals surface area contributed by atoms with Crippen LogP contribution in [-0.4, -0.2) is 24.7 Å². The second kappa shape index (κ2) is 3.06. The van der Waals surface area contributed by atoms with Crippen molar-refractivity contribution in [3.63, 3.8) is 0 Å². The number of carbonyl (C=O) groups excluding carboxylic acids is 1. The maximum atomic E-state index is 11.2. The molecule has 0 saturated carbocycles. The first kappa shape index (κ1) is 9.15. The summed E-state index contributed by atoms with van der Waals surface area (Å²) in [5.74, 6) is -0.372. The van der Waals surface area contributed by atoms with Gasteiger partial charge in [0, 0.05) is 18.0 Å². The Bertz CT molecular complexity index is 371. The number of rotatable bonds is 2. The molecule has 1 aromatic rings. The van der Waals surface area contributed by atoms with Crippen LogP contribution in [-0.2, 0) is 15.1 Å². The maximum absolute atomic E-state index is 11.2. The number of pyridine rings is 1. The van der Waals surface area contributed by atoms with Crippen LogP contribution in [0.15, 0.2) is 18.5 Å². The minimum absolute atomic E-state index is 0.253. The number of nitrogens with zero attached hydrogens (tertiary/aromatic N) is 1. The van der Waals surface area contributed by atoms with Crippen LogP contribution in [0.25, 0.3) is 0 Å². The quantitative estimate of drug-likeness (QED) is 0.521. The number of esters is 1. The number of aromatic nitrogens is 1. The molecule has 1 saturated heterocycles. The molecule has 1 unspecified atom stereocenters. The van der Waals surface area contributed by atoms with Crippen LogP contribution in [0, 0.1) is 0 Å². The van der Waals surface area contributed by atoms with E-state index in [9.17, 15) is 4.79 Å². The van der Waals surface area contributed by atoms with Crippen molar-refractivity contribution in [1.29, 1.82) is 0 Å². The number of hydrogen-bond donors (Lipinski definition) is 0. The summed E-state index contributed by atoms with van der Waals surface area (Å²) < 4.78 is 9.86. The van der Waals surface area contributed by atoms with E-state index in [-0.39, 0.29) is 11.6 Å². The Morgan fingerprint density at radius 3 is 2.93 bits per heavy atom. The van der Waals surface area contributed by atoms with Crippen molar-refractivity contribution in [1.82, 2.24) is 4.98 Å². The van der Waals surface area contributed by atoms with Crippen molar-refractivity contribution in [2.45, 2.75) is 12.5 Å². The first-order chi connectivity index (χ1) is 6.65. The highest BCUT2D eigenvalue weighted by atomic mass is 16.6. The Labute approximate surface area is 81.9 Å². The van der Waals surface area contributed by atoms with Gasteiger partial charge in [0.25, 0.3) is 0 Å². The molecule has 0 radical (unpaired) electrons. The molecular formula is C10H11NO3. The zero-order valence-corrected chi connectivity index (χ0v) is 8.11. The fraction of sp³-hybridized carbons (Fsp3) is 0.400. The lowest BCUT2D eigenvalue weighted by Crippen LogP contribution is -2.07. The van der Waals surface area contributed by atoms with E-state index in [4.69, 9.17) is 4.74 Å². The van der Waals surface area contributed by atoms with Crippen LogP contribution in [0.1, 0.15) is 22.8 Å². The first-order valence-electron chi connectivity index (χ1n) is 4.33. The molecule has 0 bridgehead atoms. The van der Waals surface area contributed by atoms with Crippen molar-refractivity contribution < 1.29 is 14.3 Å². The summed E-state index contributed by atoms with van der Waals surface area (Å²) in [4.78, 5) is 15.2. The standard InChI is InChI=1S/C10H11NO3/c1-10(6-14-10)8-3-7(4-11-5-8)9(12)13-2/h3-5H,6H2,1-2H3. The average molecular weight is 193 g/mol. The molecule has 74 valence electrons. The predicted molar refractivity (Wildman–Crippen MR) is 48.9 cm³/mol. The molecule has 0 N–H and O–H groups in total. The van der Waals surface area contributed by atoms with Crippen LogP contribution in [0.3, 0.4) is 0 Å². The van der Waals surface area contributed by atoms with Gasteiger partial charge in [0.1, 0.15) is 5.60 Å². The highest BCUT2D eigenvalue weighted by molar-refractivity contribution is 5.89. The lowest BCUT2D eigenvalue weighted by Gasteiger charge is -2.05. The van der Waals surface area contributed by atoms with E-state index >= 15 is 0 Å². The Hall–Kier alpha value is -1.42. The largest absolute Gasteiger partial charge is 0.465 e. The molecule has 4 heteroatoms. The van der Waals surface area contributed by atoms with Crippen LogP contribution < -0.4 is 0 Å². The highest BCUT2D eigenvalue weighted by Gasteiger charge is 2.41. The van der Waals surface area contributed by atoms with E-state index in [1.54, 1.807) is 12.3 Å². The lowest BCUT2D eigenvalue weighted by molar-refractivity contribution is 0.0600. The summed E-state index contributed by atoms with van der Waals surface area (Å²) in [5.41, 5.74) is 1.12. The van der Waals surface area contributed by atoms with Crippen molar-refractivity contribution in [2.75, 3.05) is 13.7 Å². The first-order valence-corrected chi connectivity index (χ1v) is 4.33. The van der Waals surface area contributed by atoms with E-state index in [0.717, 1.165) is 5.56 Å². The Kier molecular flexibility index (Phi) is 2.00. The summed E-state index contributed by atoms with van der Waals surface area (Å²) in [7, 11) is 1.35. The number of methoxy groups -OCH3 is 1. The van der Waals surface area contributed by atoms with E-state index in [2.05, 4.69) is 9.72 Å². The van der Waals surface area contributed by atoms with Gasteiger partial charge in [-0.15, -0.1) is 0 Å². The van der Waals surface area contributed by atoms with E-state index in [1.165, 1.54) is 13.3 Å². The fourth-order valence-corrected chi connectivity index (χ4v) is 1.23. The molecule has 4 nitrogen and oxygen atoms in total. The molecule has 0 aliphatic carbocycles. The molecule has 1 aliphatic heterocycles. The monoisotopic (exact) mass is 193 g/mol. The third kappa shape index (κ3) is 1.48. The van der Waals surface area contributed by atoms with Gasteiger partial charge in [0.15, 0.2) is 0 Å². The van der Waals surface area contributed by atoms with Gasteiger partial charge in [-0.05, 0) is 13.0 Å². The van der Waals surface area contributed by atoms with Gasteiger partial charge in [-0.2, -0.15) is 0 Å². The summed E-state index contributed by atoms with van der Waals surface area (Å²) in [6.45, 7) is 2.64. The fourth-order valence-electron chi connectivity index (χ4n) is 1.23. The predicted octanol–water partition coefficient (Wildman–Crippen LogP) is 1.11. The van der Waals surface area contributed by atoms with Crippen molar-refractivity contribution in [3.05, 3.63) is 29.6 Å². The van der Waals surface area contributed by atoms with E-state index in [0.29, 0.717) is 12.2 Å². The SMILES string of the molecule is COC(=O)c1cncc(C2(C)CO2)c1. The minimum atomic E-state index is -0.372. The number of ether oxygens (including phenoxy) is 2. The minimum Gasteiger partial charge on any atom is -0.465 e. The van der Waals surface area contributed by atoms with Gasteiger partial charge < -0.3 is 9.47 Å². The van der Waals surface area contributed by atoms with Gasteiger partial charge in [0.05, 0.1) is 19.3 Å². The average Bonchev–Trinajstić information content (AvgIpc) is 2.97. The summed E-state index contributed by atoms with van der Waals surface area (Å²) in [5, 5.41) is 0. The zero-order valence-electron chi connectivity index (χ0n) is 8.11. The number of hydrogen-bond acceptors (Lipinski definition) is 4. The van der Waals surface area contributed by atoms with E-state index < -0.39 is 0 Å². The highest BCUT2D eigenvalue weighted by Crippen LogP contribution is 2.37. The molecule has 1 aromatic heterocycles. The number of epoxide rings is 1. The molecule has 0 amide bonds. The molecule has 1 aliphatic rings. The molecule has 14 heavy (non-hydrogen) atoms. The molecule has 1 fully saturated rings. The lowest BCUT2D eigenvalue weighted by atomic mass is 10.0. The molecule has 0 aromatic carbocycles. The summed E-state index contributed by atoms with van der Waals surface area (Å²) in [6.07, 6.45) is 3.19. The number of carbonyl (C=O) groups is 1. The van der Waals surface area contributed by atoms with Crippen LogP contribution >= 0.6 is 0 Å². The third-order valence-corrected chi connectivity index (χ3v) is 2.35. The van der Waals surface area contributed by atoms with Crippen LogP contribution in [0.4, 0.5) is 0 Å². The van der Waals surface area contributed by atoms with Crippen molar-refractivity contribution >= 4 is 5.97 Å². The van der Waals surface area contributed by atoms with Gasteiger partial charge in [0.2, 0.25) is 0 Å². The zero-order chi connectivity index (χ0) is 10.2. The normalized spacial score (nSPS) is 24.4. The van der Waals surface area contributed by atoms with Gasteiger partial charge in [-0.1, -0.05) is 0 Å². The summed E-state index contributed by atoms with van der Waals surface area (Å²) >= 11 is 0. The molecule has 2 heterocycles. The molecule has 0 spiro atoms. The summed E-state index contributed by atoms with van der Waals surface area (Å²) in [6, 6.07) is 1.76. The molecule has 2 rings (SSSR count). The van der Waals surface area contributed by atoms with E-state index in [1.807, 2.05) is 6.92 Å². The maximum Gasteiger partial charge on any atom is 0.339 e.